The molecule has 0 amide bonds. The molecule has 1 N–H and O–H groups in total. The SMILES string of the molecule is CC[C@@H](CC(C)C)NC. The molecule has 1 nitrogen and oxygen atoms in total. The molecule has 0 bridgehead atoms. The number of hydrogen-bond donors (Lipinski definition) is 1. The van der Waals surface area contributed by atoms with E-state index in [4.69, 9.17) is 0 Å². The molecule has 0 rings (SSSR count). The van der Waals surface area contributed by atoms with Crippen molar-refractivity contribution in [3.8, 4) is 0 Å². The highest BCUT2D eigenvalue weighted by molar-refractivity contribution is 4.63. The fourth-order valence-corrected chi connectivity index (χ4v) is 1.06. The summed E-state index contributed by atoms with van der Waals surface area (Å²) in [4.78, 5) is 0. The minimum absolute atomic E-state index is 0.727. The summed E-state index contributed by atoms with van der Waals surface area (Å²) in [5.74, 6) is 0.822. The Hall–Kier alpha value is -0.0400. The van der Waals surface area contributed by atoms with E-state index in [0.29, 0.717) is 0 Å². The topological polar surface area (TPSA) is 12.0 Å². The Balaban J connectivity index is 3.31. The number of nitrogens with one attached hydrogen (secondary N) is 1. The second-order valence-corrected chi connectivity index (χ2v) is 3.02. The van der Waals surface area contributed by atoms with Crippen LogP contribution in [0.15, 0.2) is 0 Å². The van der Waals surface area contributed by atoms with Crippen molar-refractivity contribution in [2.45, 2.75) is 39.7 Å². The van der Waals surface area contributed by atoms with Crippen LogP contribution < -0.4 is 5.32 Å². The summed E-state index contributed by atoms with van der Waals surface area (Å²) in [5, 5.41) is 3.28. The minimum Gasteiger partial charge on any atom is -0.317 e. The fraction of sp³-hybridized carbons (Fsp3) is 1.00. The van der Waals surface area contributed by atoms with Crippen molar-refractivity contribution in [3.05, 3.63) is 0 Å². The molecular weight excluding hydrogens is 110 g/mol. The predicted octanol–water partition coefficient (Wildman–Crippen LogP) is 2.03. The van der Waals surface area contributed by atoms with E-state index >= 15 is 0 Å². The first kappa shape index (κ1) is 8.96. The van der Waals surface area contributed by atoms with Crippen LogP contribution in [-0.2, 0) is 0 Å². The lowest BCUT2D eigenvalue weighted by atomic mass is 10.0. The Morgan fingerprint density at radius 1 is 1.33 bits per heavy atom. The van der Waals surface area contributed by atoms with Gasteiger partial charge in [-0.25, -0.2) is 0 Å². The van der Waals surface area contributed by atoms with E-state index in [1.165, 1.54) is 12.8 Å². The van der Waals surface area contributed by atoms with Gasteiger partial charge >= 0.3 is 0 Å². The molecule has 0 saturated carbocycles. The summed E-state index contributed by atoms with van der Waals surface area (Å²) in [6.07, 6.45) is 2.54. The molecule has 1 atom stereocenters. The summed E-state index contributed by atoms with van der Waals surface area (Å²) in [5.41, 5.74) is 0. The zero-order valence-corrected chi connectivity index (χ0v) is 7.07. The molecule has 1 heteroatoms. The van der Waals surface area contributed by atoms with Crippen molar-refractivity contribution < 1.29 is 0 Å². The van der Waals surface area contributed by atoms with E-state index in [-0.39, 0.29) is 0 Å². The first-order chi connectivity index (χ1) is 4.20. The predicted molar refractivity (Wildman–Crippen MR) is 42.6 cm³/mol. The summed E-state index contributed by atoms with van der Waals surface area (Å²) >= 11 is 0. The maximum Gasteiger partial charge on any atom is 0.00638 e. The Morgan fingerprint density at radius 3 is 2.00 bits per heavy atom. The van der Waals surface area contributed by atoms with Gasteiger partial charge in [0.25, 0.3) is 0 Å². The zero-order valence-electron chi connectivity index (χ0n) is 7.07. The minimum atomic E-state index is 0.727. The van der Waals surface area contributed by atoms with Crippen LogP contribution in [0.2, 0.25) is 0 Å². The number of hydrogen-bond acceptors (Lipinski definition) is 1. The second kappa shape index (κ2) is 4.80. The summed E-state index contributed by atoms with van der Waals surface area (Å²) in [6, 6.07) is 0.727. The van der Waals surface area contributed by atoms with Crippen molar-refractivity contribution in [2.75, 3.05) is 7.05 Å². The standard InChI is InChI=1S/C8H19N/c1-5-8(9-4)6-7(2)3/h7-9H,5-6H2,1-4H3/t8-/m0/s1. The Labute approximate surface area is 58.8 Å². The van der Waals surface area contributed by atoms with Crippen LogP contribution in [0.25, 0.3) is 0 Å². The van der Waals surface area contributed by atoms with Crippen molar-refractivity contribution in [1.29, 1.82) is 0 Å². The Bertz CT molecular complexity index is 55.6. The van der Waals surface area contributed by atoms with Crippen molar-refractivity contribution in [1.82, 2.24) is 5.32 Å². The Morgan fingerprint density at radius 2 is 1.89 bits per heavy atom. The van der Waals surface area contributed by atoms with Crippen LogP contribution in [0.4, 0.5) is 0 Å². The summed E-state index contributed by atoms with van der Waals surface area (Å²) < 4.78 is 0. The molecule has 0 aliphatic heterocycles. The molecule has 0 heterocycles. The highest BCUT2D eigenvalue weighted by Crippen LogP contribution is 2.06. The molecule has 0 aromatic rings. The molecule has 0 fully saturated rings. The normalized spacial score (nSPS) is 14.3. The van der Waals surface area contributed by atoms with Gasteiger partial charge in [-0.05, 0) is 25.8 Å². The van der Waals surface area contributed by atoms with Gasteiger partial charge in [0.15, 0.2) is 0 Å². The third-order valence-electron chi connectivity index (χ3n) is 1.66. The van der Waals surface area contributed by atoms with Gasteiger partial charge in [0.2, 0.25) is 0 Å². The largest absolute Gasteiger partial charge is 0.317 e. The first-order valence-electron chi connectivity index (χ1n) is 3.88. The molecule has 0 aliphatic rings. The van der Waals surface area contributed by atoms with Crippen molar-refractivity contribution in [2.24, 2.45) is 5.92 Å². The van der Waals surface area contributed by atoms with Crippen LogP contribution in [-0.4, -0.2) is 13.1 Å². The van der Waals surface area contributed by atoms with Gasteiger partial charge in [0.05, 0.1) is 0 Å². The zero-order chi connectivity index (χ0) is 7.28. The van der Waals surface area contributed by atoms with E-state index < -0.39 is 0 Å². The lowest BCUT2D eigenvalue weighted by molar-refractivity contribution is 0.433. The first-order valence-corrected chi connectivity index (χ1v) is 3.88. The van der Waals surface area contributed by atoms with E-state index in [1.54, 1.807) is 0 Å². The highest BCUT2D eigenvalue weighted by Gasteiger charge is 2.03. The summed E-state index contributed by atoms with van der Waals surface area (Å²) in [6.45, 7) is 6.75. The average Bonchev–Trinajstić information content (AvgIpc) is 1.82. The van der Waals surface area contributed by atoms with E-state index in [9.17, 15) is 0 Å². The van der Waals surface area contributed by atoms with Gasteiger partial charge in [-0.1, -0.05) is 20.8 Å². The van der Waals surface area contributed by atoms with Gasteiger partial charge in [-0.15, -0.1) is 0 Å². The van der Waals surface area contributed by atoms with Gasteiger partial charge < -0.3 is 5.32 Å². The smallest absolute Gasteiger partial charge is 0.00638 e. The third kappa shape index (κ3) is 4.46. The molecule has 0 spiro atoms. The van der Waals surface area contributed by atoms with Crippen molar-refractivity contribution >= 4 is 0 Å². The second-order valence-electron chi connectivity index (χ2n) is 3.02. The monoisotopic (exact) mass is 129 g/mol. The third-order valence-corrected chi connectivity index (χ3v) is 1.66. The molecule has 0 radical (unpaired) electrons. The fourth-order valence-electron chi connectivity index (χ4n) is 1.06. The van der Waals surface area contributed by atoms with Crippen LogP contribution in [0, 0.1) is 5.92 Å². The van der Waals surface area contributed by atoms with E-state index in [1.807, 2.05) is 7.05 Å². The lowest BCUT2D eigenvalue weighted by Gasteiger charge is -2.15. The van der Waals surface area contributed by atoms with Crippen LogP contribution >= 0.6 is 0 Å². The van der Waals surface area contributed by atoms with Crippen molar-refractivity contribution in [3.63, 3.8) is 0 Å². The van der Waals surface area contributed by atoms with Crippen LogP contribution in [0.3, 0.4) is 0 Å². The van der Waals surface area contributed by atoms with Crippen LogP contribution in [0.1, 0.15) is 33.6 Å². The average molecular weight is 129 g/mol. The molecule has 0 saturated heterocycles. The number of rotatable bonds is 4. The maximum atomic E-state index is 3.28. The molecule has 0 aliphatic carbocycles. The highest BCUT2D eigenvalue weighted by atomic mass is 14.9. The Kier molecular flexibility index (Phi) is 4.78. The molecule has 0 aromatic heterocycles. The molecule has 9 heavy (non-hydrogen) atoms. The van der Waals surface area contributed by atoms with Gasteiger partial charge in [0.1, 0.15) is 0 Å². The van der Waals surface area contributed by atoms with E-state index in [2.05, 4.69) is 26.1 Å². The molecule has 0 aromatic carbocycles. The van der Waals surface area contributed by atoms with Crippen LogP contribution in [0.5, 0.6) is 0 Å². The van der Waals surface area contributed by atoms with Gasteiger partial charge in [-0.3, -0.25) is 0 Å². The quantitative estimate of drug-likeness (QED) is 0.612. The van der Waals surface area contributed by atoms with E-state index in [0.717, 1.165) is 12.0 Å². The molecule has 56 valence electrons. The summed E-state index contributed by atoms with van der Waals surface area (Å²) in [7, 11) is 2.04. The molecular formula is C8H19N. The lowest BCUT2D eigenvalue weighted by Crippen LogP contribution is -2.25. The molecule has 0 unspecified atom stereocenters. The maximum absolute atomic E-state index is 3.28. The van der Waals surface area contributed by atoms with Gasteiger partial charge in [0, 0.05) is 6.04 Å². The van der Waals surface area contributed by atoms with Gasteiger partial charge in [-0.2, -0.15) is 0 Å².